The number of aromatic nitrogens is 2. The molecule has 2 aromatic rings. The molecular formula is C12H12N4O2S. The first-order valence-corrected chi connectivity index (χ1v) is 7.11. The Labute approximate surface area is 111 Å². The monoisotopic (exact) mass is 276 g/mol. The highest BCUT2D eigenvalue weighted by Gasteiger charge is 2.19. The molecule has 2 rings (SSSR count). The second kappa shape index (κ2) is 5.22. The van der Waals surface area contributed by atoms with Crippen molar-refractivity contribution in [3.8, 4) is 11.8 Å². The van der Waals surface area contributed by atoms with Crippen molar-refractivity contribution < 1.29 is 8.42 Å². The molecule has 0 radical (unpaired) electrons. The summed E-state index contributed by atoms with van der Waals surface area (Å²) in [6.45, 7) is 2.00. The fourth-order valence-electron chi connectivity index (χ4n) is 1.66. The summed E-state index contributed by atoms with van der Waals surface area (Å²) in [6.07, 6.45) is 1.41. The predicted molar refractivity (Wildman–Crippen MR) is 69.1 cm³/mol. The second-order valence-electron chi connectivity index (χ2n) is 3.74. The maximum atomic E-state index is 12.0. The maximum absolute atomic E-state index is 12.0. The fourth-order valence-corrected chi connectivity index (χ4v) is 2.81. The minimum atomic E-state index is -3.60. The third-order valence-electron chi connectivity index (χ3n) is 2.44. The van der Waals surface area contributed by atoms with Gasteiger partial charge in [0, 0.05) is 6.54 Å². The normalized spacial score (nSPS) is 11.2. The lowest BCUT2D eigenvalue weighted by atomic mass is 10.2. The zero-order valence-corrected chi connectivity index (χ0v) is 11.1. The highest BCUT2D eigenvalue weighted by Crippen LogP contribution is 2.15. The Bertz CT molecular complexity index is 728. The average Bonchev–Trinajstić information content (AvgIpc) is 2.89. The van der Waals surface area contributed by atoms with Gasteiger partial charge in [-0.05, 0) is 24.3 Å². The Kier molecular flexibility index (Phi) is 3.64. The van der Waals surface area contributed by atoms with Crippen LogP contribution in [0.2, 0.25) is 0 Å². The van der Waals surface area contributed by atoms with Crippen molar-refractivity contribution in [1.82, 2.24) is 14.5 Å². The molecule has 7 heteroatoms. The Morgan fingerprint density at radius 1 is 1.42 bits per heavy atom. The van der Waals surface area contributed by atoms with Crippen molar-refractivity contribution in [3.05, 3.63) is 42.1 Å². The molecule has 1 aromatic heterocycles. The summed E-state index contributed by atoms with van der Waals surface area (Å²) in [5, 5.41) is 12.9. The molecule has 1 heterocycles. The first kappa shape index (κ1) is 13.3. The van der Waals surface area contributed by atoms with Crippen molar-refractivity contribution in [1.29, 1.82) is 5.26 Å². The van der Waals surface area contributed by atoms with Crippen LogP contribution in [0.25, 0.3) is 5.69 Å². The molecule has 98 valence electrons. The number of nitrogens with zero attached hydrogens (tertiary/aromatic N) is 3. The molecule has 19 heavy (non-hydrogen) atoms. The van der Waals surface area contributed by atoms with Gasteiger partial charge in [-0.1, -0.05) is 13.0 Å². The number of rotatable bonds is 4. The predicted octanol–water partition coefficient (Wildman–Crippen LogP) is 1.04. The minimum Gasteiger partial charge on any atom is -0.221 e. The second-order valence-corrected chi connectivity index (χ2v) is 5.46. The average molecular weight is 276 g/mol. The van der Waals surface area contributed by atoms with E-state index in [2.05, 4.69) is 9.82 Å². The van der Waals surface area contributed by atoms with Gasteiger partial charge in [-0.3, -0.25) is 0 Å². The van der Waals surface area contributed by atoms with Crippen molar-refractivity contribution in [3.63, 3.8) is 0 Å². The topological polar surface area (TPSA) is 87.8 Å². The SMILES string of the molecule is CCNS(=O)(=O)c1ccnn1-c1cccc(C#N)c1. The van der Waals surface area contributed by atoms with Gasteiger partial charge < -0.3 is 0 Å². The first-order chi connectivity index (χ1) is 9.08. The largest absolute Gasteiger partial charge is 0.258 e. The third-order valence-corrected chi connectivity index (χ3v) is 3.97. The molecule has 1 aromatic carbocycles. The highest BCUT2D eigenvalue weighted by atomic mass is 32.2. The molecule has 0 unspecified atom stereocenters. The molecule has 1 N–H and O–H groups in total. The van der Waals surface area contributed by atoms with Gasteiger partial charge in [0.1, 0.15) is 0 Å². The number of sulfonamides is 1. The molecule has 0 saturated carbocycles. The summed E-state index contributed by atoms with van der Waals surface area (Å²) in [5.41, 5.74) is 0.973. The van der Waals surface area contributed by atoms with E-state index in [1.165, 1.54) is 16.9 Å². The van der Waals surface area contributed by atoms with E-state index in [1.54, 1.807) is 31.2 Å². The van der Waals surface area contributed by atoms with Gasteiger partial charge in [0.05, 0.1) is 23.5 Å². The summed E-state index contributed by atoms with van der Waals surface area (Å²) < 4.78 is 27.7. The van der Waals surface area contributed by atoms with Gasteiger partial charge >= 0.3 is 0 Å². The summed E-state index contributed by atoms with van der Waals surface area (Å²) >= 11 is 0. The number of hydrogen-bond acceptors (Lipinski definition) is 4. The van der Waals surface area contributed by atoms with Gasteiger partial charge in [0.2, 0.25) is 0 Å². The van der Waals surface area contributed by atoms with E-state index in [0.29, 0.717) is 17.8 Å². The van der Waals surface area contributed by atoms with Crippen LogP contribution >= 0.6 is 0 Å². The van der Waals surface area contributed by atoms with E-state index >= 15 is 0 Å². The maximum Gasteiger partial charge on any atom is 0.258 e. The van der Waals surface area contributed by atoms with Crippen LogP contribution in [-0.4, -0.2) is 24.7 Å². The van der Waals surface area contributed by atoms with Gasteiger partial charge in [-0.25, -0.2) is 17.8 Å². The van der Waals surface area contributed by atoms with Crippen molar-refractivity contribution in [2.45, 2.75) is 11.9 Å². The standard InChI is InChI=1S/C12H12N4O2S/c1-2-15-19(17,18)12-6-7-14-16(12)11-5-3-4-10(8-11)9-13/h3-8,15H,2H2,1H3. The van der Waals surface area contributed by atoms with Crippen LogP contribution in [0.15, 0.2) is 41.6 Å². The zero-order valence-electron chi connectivity index (χ0n) is 10.2. The lowest BCUT2D eigenvalue weighted by Crippen LogP contribution is -2.25. The van der Waals surface area contributed by atoms with Crippen LogP contribution in [0.5, 0.6) is 0 Å². The van der Waals surface area contributed by atoms with Crippen LogP contribution in [0, 0.1) is 11.3 Å². The van der Waals surface area contributed by atoms with E-state index in [4.69, 9.17) is 5.26 Å². The highest BCUT2D eigenvalue weighted by molar-refractivity contribution is 7.89. The summed E-state index contributed by atoms with van der Waals surface area (Å²) in [7, 11) is -3.60. The van der Waals surface area contributed by atoms with Crippen LogP contribution in [0.4, 0.5) is 0 Å². The smallest absolute Gasteiger partial charge is 0.221 e. The van der Waals surface area contributed by atoms with Gasteiger partial charge in [0.15, 0.2) is 5.03 Å². The number of benzene rings is 1. The fraction of sp³-hybridized carbons (Fsp3) is 0.167. The van der Waals surface area contributed by atoms with E-state index in [9.17, 15) is 8.42 Å². The van der Waals surface area contributed by atoms with E-state index in [0.717, 1.165) is 0 Å². The Hall–Kier alpha value is -2.17. The molecule has 0 saturated heterocycles. The van der Waals surface area contributed by atoms with Crippen LogP contribution in [0.1, 0.15) is 12.5 Å². The number of nitriles is 1. The molecular weight excluding hydrogens is 264 g/mol. The minimum absolute atomic E-state index is 0.0458. The summed E-state index contributed by atoms with van der Waals surface area (Å²) in [6, 6.07) is 10.0. The molecule has 0 atom stereocenters. The molecule has 0 aliphatic heterocycles. The molecule has 0 aliphatic carbocycles. The Balaban J connectivity index is 2.54. The van der Waals surface area contributed by atoms with Crippen molar-refractivity contribution in [2.75, 3.05) is 6.54 Å². The summed E-state index contributed by atoms with van der Waals surface area (Å²) in [4.78, 5) is 0. The first-order valence-electron chi connectivity index (χ1n) is 5.62. The molecule has 0 fully saturated rings. The van der Waals surface area contributed by atoms with Gasteiger partial charge in [0.25, 0.3) is 10.0 Å². The van der Waals surface area contributed by atoms with Crippen LogP contribution < -0.4 is 4.72 Å². The molecule has 6 nitrogen and oxygen atoms in total. The lowest BCUT2D eigenvalue weighted by molar-refractivity contribution is 0.573. The third kappa shape index (κ3) is 2.65. The van der Waals surface area contributed by atoms with Gasteiger partial charge in [-0.2, -0.15) is 10.4 Å². The number of nitrogens with one attached hydrogen (secondary N) is 1. The summed E-state index contributed by atoms with van der Waals surface area (Å²) in [5.74, 6) is 0. The Morgan fingerprint density at radius 3 is 2.89 bits per heavy atom. The van der Waals surface area contributed by atoms with E-state index in [1.807, 2.05) is 6.07 Å². The molecule has 0 aliphatic rings. The van der Waals surface area contributed by atoms with E-state index < -0.39 is 10.0 Å². The zero-order chi connectivity index (χ0) is 13.9. The van der Waals surface area contributed by atoms with Gasteiger partial charge in [-0.15, -0.1) is 0 Å². The Morgan fingerprint density at radius 2 is 2.21 bits per heavy atom. The molecule has 0 spiro atoms. The quantitative estimate of drug-likeness (QED) is 0.903. The van der Waals surface area contributed by atoms with E-state index in [-0.39, 0.29) is 5.03 Å². The molecule has 0 amide bonds. The van der Waals surface area contributed by atoms with Crippen LogP contribution in [0.3, 0.4) is 0 Å². The van der Waals surface area contributed by atoms with Crippen molar-refractivity contribution >= 4 is 10.0 Å². The van der Waals surface area contributed by atoms with Crippen molar-refractivity contribution in [2.24, 2.45) is 0 Å². The number of hydrogen-bond donors (Lipinski definition) is 1. The van der Waals surface area contributed by atoms with Crippen LogP contribution in [-0.2, 0) is 10.0 Å². The molecule has 0 bridgehead atoms. The lowest BCUT2D eigenvalue weighted by Gasteiger charge is -2.08.